The number of nitrogens with one attached hydrogen (secondary N) is 1. The zero-order valence-corrected chi connectivity index (χ0v) is 16.8. The van der Waals surface area contributed by atoms with E-state index in [-0.39, 0.29) is 39.4 Å². The van der Waals surface area contributed by atoms with Gasteiger partial charge in [0, 0.05) is 18.8 Å². The van der Waals surface area contributed by atoms with Crippen LogP contribution in [0.3, 0.4) is 0 Å². The molecule has 10 heteroatoms. The Morgan fingerprint density at radius 1 is 1.27 bits per heavy atom. The topological polar surface area (TPSA) is 75.4 Å². The summed E-state index contributed by atoms with van der Waals surface area (Å²) in [5.41, 5.74) is -0.469. The number of rotatable bonds is 7. The molecule has 1 N–H and O–H groups in total. The Morgan fingerprint density at radius 2 is 2.00 bits per heavy atom. The Labute approximate surface area is 174 Å². The van der Waals surface area contributed by atoms with Crippen LogP contribution in [0.25, 0.3) is 22.6 Å². The quantitative estimate of drug-likeness (QED) is 0.331. The van der Waals surface area contributed by atoms with Crippen molar-refractivity contribution in [2.75, 3.05) is 32.5 Å². The third-order valence-corrected chi connectivity index (χ3v) is 4.64. The van der Waals surface area contributed by atoms with Gasteiger partial charge in [0.15, 0.2) is 11.9 Å². The standard InChI is InChI=1S/C20H17ClF3N3O3/c1-27(2)8-7-25-14-5-6-15-18(17(14)16(29)10-28)30-19(26-15)12-9-11(20(22,23)24)3-4-13(12)21/h3-6,9-10,25H,7-8H2,1-2H3. The van der Waals surface area contributed by atoms with Crippen LogP contribution >= 0.6 is 11.6 Å². The highest BCUT2D eigenvalue weighted by Crippen LogP contribution is 2.37. The van der Waals surface area contributed by atoms with Crippen molar-refractivity contribution in [3.63, 3.8) is 0 Å². The van der Waals surface area contributed by atoms with Gasteiger partial charge in [-0.2, -0.15) is 13.2 Å². The van der Waals surface area contributed by atoms with Gasteiger partial charge in [-0.3, -0.25) is 9.59 Å². The molecular weight excluding hydrogens is 423 g/mol. The van der Waals surface area contributed by atoms with Crippen molar-refractivity contribution in [2.45, 2.75) is 6.18 Å². The molecule has 1 heterocycles. The van der Waals surface area contributed by atoms with E-state index in [2.05, 4.69) is 10.3 Å². The predicted octanol–water partition coefficient (Wildman–Crippen LogP) is 4.52. The highest BCUT2D eigenvalue weighted by atomic mass is 35.5. The zero-order chi connectivity index (χ0) is 22.1. The van der Waals surface area contributed by atoms with Crippen molar-refractivity contribution in [1.82, 2.24) is 9.88 Å². The Hall–Kier alpha value is -2.91. The van der Waals surface area contributed by atoms with Crippen LogP contribution in [0, 0.1) is 0 Å². The van der Waals surface area contributed by atoms with Crippen molar-refractivity contribution in [3.05, 3.63) is 46.5 Å². The van der Waals surface area contributed by atoms with Crippen LogP contribution < -0.4 is 5.32 Å². The first-order valence-corrected chi connectivity index (χ1v) is 9.18. The molecule has 2 aromatic carbocycles. The molecule has 0 aliphatic rings. The lowest BCUT2D eigenvalue weighted by molar-refractivity contribution is -0.137. The van der Waals surface area contributed by atoms with Gasteiger partial charge in [-0.1, -0.05) is 11.6 Å². The predicted molar refractivity (Wildman–Crippen MR) is 107 cm³/mol. The van der Waals surface area contributed by atoms with E-state index in [1.807, 2.05) is 19.0 Å². The highest BCUT2D eigenvalue weighted by Gasteiger charge is 2.32. The summed E-state index contributed by atoms with van der Waals surface area (Å²) in [5, 5.41) is 3.06. The molecule has 0 spiro atoms. The van der Waals surface area contributed by atoms with Crippen molar-refractivity contribution in [3.8, 4) is 11.5 Å². The first-order valence-electron chi connectivity index (χ1n) is 8.80. The first kappa shape index (κ1) is 21.8. The average molecular weight is 440 g/mol. The number of carbonyl (C=O) groups excluding carboxylic acids is 2. The van der Waals surface area contributed by atoms with Gasteiger partial charge in [0.25, 0.3) is 0 Å². The van der Waals surface area contributed by atoms with Crippen molar-refractivity contribution in [2.24, 2.45) is 0 Å². The lowest BCUT2D eigenvalue weighted by atomic mass is 10.1. The number of likely N-dealkylation sites (N-methyl/N-ethyl adjacent to an activating group) is 1. The van der Waals surface area contributed by atoms with Gasteiger partial charge >= 0.3 is 6.18 Å². The van der Waals surface area contributed by atoms with E-state index >= 15 is 0 Å². The maximum absolute atomic E-state index is 13.1. The molecular formula is C20H17ClF3N3O3. The summed E-state index contributed by atoms with van der Waals surface area (Å²) in [5.74, 6) is -1.03. The molecule has 1 aromatic heterocycles. The molecule has 0 unspecified atom stereocenters. The number of fused-ring (bicyclic) bond motifs is 1. The normalized spacial score (nSPS) is 11.8. The number of nitrogens with zero attached hydrogens (tertiary/aromatic N) is 2. The SMILES string of the molecule is CN(C)CCNc1ccc2nc(-c3cc(C(F)(F)F)ccc3Cl)oc2c1C(=O)C=O. The van der Waals surface area contributed by atoms with E-state index in [4.69, 9.17) is 16.0 Å². The molecule has 30 heavy (non-hydrogen) atoms. The maximum atomic E-state index is 13.1. The number of halogens is 4. The van der Waals surface area contributed by atoms with E-state index < -0.39 is 17.5 Å². The molecule has 0 aliphatic carbocycles. The largest absolute Gasteiger partial charge is 0.435 e. The Balaban J connectivity index is 2.12. The van der Waals surface area contributed by atoms with Gasteiger partial charge in [-0.15, -0.1) is 0 Å². The second-order valence-electron chi connectivity index (χ2n) is 6.76. The number of aldehydes is 1. The van der Waals surface area contributed by atoms with Crippen molar-refractivity contribution >= 4 is 40.5 Å². The number of aromatic nitrogens is 1. The smallest absolute Gasteiger partial charge is 0.416 e. The minimum atomic E-state index is -4.58. The van der Waals surface area contributed by atoms with Gasteiger partial charge in [0.1, 0.15) is 5.52 Å². The van der Waals surface area contributed by atoms with Crippen LogP contribution in [-0.2, 0) is 11.0 Å². The molecule has 0 amide bonds. The Bertz CT molecular complexity index is 1110. The molecule has 0 saturated heterocycles. The number of carbonyl (C=O) groups is 2. The molecule has 0 fully saturated rings. The van der Waals surface area contributed by atoms with E-state index in [9.17, 15) is 22.8 Å². The van der Waals surface area contributed by atoms with Crippen LogP contribution in [0.1, 0.15) is 15.9 Å². The number of hydrogen-bond acceptors (Lipinski definition) is 6. The number of hydrogen-bond donors (Lipinski definition) is 1. The van der Waals surface area contributed by atoms with E-state index in [0.717, 1.165) is 18.2 Å². The van der Waals surface area contributed by atoms with Crippen molar-refractivity contribution < 1.29 is 27.2 Å². The second-order valence-corrected chi connectivity index (χ2v) is 7.17. The summed E-state index contributed by atoms with van der Waals surface area (Å²) >= 11 is 6.06. The number of alkyl halides is 3. The lowest BCUT2D eigenvalue weighted by Gasteiger charge is -2.13. The van der Waals surface area contributed by atoms with Crippen LogP contribution in [0.15, 0.2) is 34.7 Å². The van der Waals surface area contributed by atoms with Crippen molar-refractivity contribution in [1.29, 1.82) is 0 Å². The van der Waals surface area contributed by atoms with Gasteiger partial charge in [-0.25, -0.2) is 4.98 Å². The molecule has 0 bridgehead atoms. The third kappa shape index (κ3) is 4.47. The first-order chi connectivity index (χ1) is 14.1. The lowest BCUT2D eigenvalue weighted by Crippen LogP contribution is -2.21. The highest BCUT2D eigenvalue weighted by molar-refractivity contribution is 6.37. The number of benzene rings is 2. The fraction of sp³-hybridized carbons (Fsp3) is 0.250. The molecule has 3 rings (SSSR count). The fourth-order valence-electron chi connectivity index (χ4n) is 2.84. The minimum absolute atomic E-state index is 0.00199. The van der Waals surface area contributed by atoms with Gasteiger partial charge in [-0.05, 0) is 44.4 Å². The molecule has 158 valence electrons. The van der Waals surface area contributed by atoms with Gasteiger partial charge in [0.2, 0.25) is 11.7 Å². The van der Waals surface area contributed by atoms with E-state index in [0.29, 0.717) is 18.8 Å². The van der Waals surface area contributed by atoms with Crippen LogP contribution in [0.2, 0.25) is 5.02 Å². The molecule has 3 aromatic rings. The zero-order valence-electron chi connectivity index (χ0n) is 16.0. The molecule has 0 radical (unpaired) electrons. The summed E-state index contributed by atoms with van der Waals surface area (Å²) in [7, 11) is 3.76. The Morgan fingerprint density at radius 3 is 2.63 bits per heavy atom. The summed E-state index contributed by atoms with van der Waals surface area (Å²) < 4.78 is 44.9. The summed E-state index contributed by atoms with van der Waals surface area (Å²) in [6.45, 7) is 1.15. The summed E-state index contributed by atoms with van der Waals surface area (Å²) in [6, 6.07) is 5.88. The van der Waals surface area contributed by atoms with Crippen LogP contribution in [0.5, 0.6) is 0 Å². The third-order valence-electron chi connectivity index (χ3n) is 4.31. The van der Waals surface area contributed by atoms with E-state index in [1.165, 1.54) is 0 Å². The number of anilines is 1. The van der Waals surface area contributed by atoms with Crippen LogP contribution in [-0.4, -0.2) is 49.1 Å². The summed E-state index contributed by atoms with van der Waals surface area (Å²) in [4.78, 5) is 29.5. The maximum Gasteiger partial charge on any atom is 0.416 e. The van der Waals surface area contributed by atoms with Gasteiger partial charge in [0.05, 0.1) is 21.7 Å². The van der Waals surface area contributed by atoms with Crippen LogP contribution in [0.4, 0.5) is 18.9 Å². The van der Waals surface area contributed by atoms with Gasteiger partial charge < -0.3 is 14.6 Å². The van der Waals surface area contributed by atoms with E-state index in [1.54, 1.807) is 12.1 Å². The fourth-order valence-corrected chi connectivity index (χ4v) is 3.04. The second kappa shape index (κ2) is 8.45. The number of Topliss-reactive ketones (excluding diaryl/α,β-unsaturated/α-hetero) is 1. The Kier molecular flexibility index (Phi) is 6.14. The minimum Gasteiger partial charge on any atom is -0.435 e. The number of ketones is 1. The molecule has 6 nitrogen and oxygen atoms in total. The molecule has 0 atom stereocenters. The summed E-state index contributed by atoms with van der Waals surface area (Å²) in [6.07, 6.45) is -4.43. The molecule has 0 saturated carbocycles. The average Bonchev–Trinajstić information content (AvgIpc) is 3.10. The number of oxazole rings is 1. The monoisotopic (exact) mass is 439 g/mol. The molecule has 0 aliphatic heterocycles.